The van der Waals surface area contributed by atoms with Crippen molar-refractivity contribution in [2.45, 2.75) is 12.1 Å². The summed E-state index contributed by atoms with van der Waals surface area (Å²) in [5, 5.41) is 9.91. The van der Waals surface area contributed by atoms with Gasteiger partial charge in [0, 0.05) is 32.0 Å². The Kier molecular flexibility index (Phi) is 5.86. The van der Waals surface area contributed by atoms with E-state index in [4.69, 9.17) is 0 Å². The van der Waals surface area contributed by atoms with E-state index in [9.17, 15) is 14.7 Å². The van der Waals surface area contributed by atoms with Crippen LogP contribution in [-0.2, 0) is 4.79 Å². The minimum absolute atomic E-state index is 0.0788. The standard InChI is InChI=1S/C24H23N3O3/c28-23(20-12-7-13-25-16-20)27-15-14-26(17-21(27)24(29)30)22(18-8-3-1-4-9-18)19-10-5-2-6-11-19/h1-13,16,21-22H,14-15,17H2,(H,29,30). The molecule has 0 spiro atoms. The van der Waals surface area contributed by atoms with E-state index in [1.54, 1.807) is 18.3 Å². The van der Waals surface area contributed by atoms with Crippen molar-refractivity contribution in [3.63, 3.8) is 0 Å². The van der Waals surface area contributed by atoms with Crippen LogP contribution >= 0.6 is 0 Å². The number of carbonyl (C=O) groups excluding carboxylic acids is 1. The topological polar surface area (TPSA) is 73.7 Å². The van der Waals surface area contributed by atoms with Gasteiger partial charge in [-0.1, -0.05) is 60.7 Å². The molecule has 6 heteroatoms. The molecule has 1 saturated heterocycles. The Balaban J connectivity index is 1.64. The first-order valence-corrected chi connectivity index (χ1v) is 9.93. The molecule has 2 aromatic carbocycles. The summed E-state index contributed by atoms with van der Waals surface area (Å²) in [6.07, 6.45) is 3.07. The monoisotopic (exact) mass is 401 g/mol. The number of hydrogen-bond donors (Lipinski definition) is 1. The number of carboxylic acid groups (broad SMARTS) is 1. The number of amides is 1. The molecule has 1 amide bonds. The van der Waals surface area contributed by atoms with Gasteiger partial charge in [-0.15, -0.1) is 0 Å². The quantitative estimate of drug-likeness (QED) is 0.711. The summed E-state index contributed by atoms with van der Waals surface area (Å²) in [5.74, 6) is -1.30. The van der Waals surface area contributed by atoms with Gasteiger partial charge in [0.25, 0.3) is 5.91 Å². The first kappa shape index (κ1) is 19.8. The normalized spacial score (nSPS) is 17.1. The Labute approximate surface area is 175 Å². The number of piperazine rings is 1. The number of nitrogens with zero attached hydrogens (tertiary/aromatic N) is 3. The fourth-order valence-corrected chi connectivity index (χ4v) is 4.03. The van der Waals surface area contributed by atoms with E-state index in [0.29, 0.717) is 18.7 Å². The Hall–Kier alpha value is -3.51. The number of aromatic nitrogens is 1. The van der Waals surface area contributed by atoms with Crippen LogP contribution in [0, 0.1) is 0 Å². The number of carboxylic acids is 1. The van der Waals surface area contributed by atoms with Gasteiger partial charge in [-0.3, -0.25) is 14.7 Å². The van der Waals surface area contributed by atoms with Crippen LogP contribution in [0.4, 0.5) is 0 Å². The maximum atomic E-state index is 12.9. The summed E-state index contributed by atoms with van der Waals surface area (Å²) in [6.45, 7) is 1.15. The zero-order valence-corrected chi connectivity index (χ0v) is 16.5. The van der Waals surface area contributed by atoms with Crippen LogP contribution in [0.1, 0.15) is 27.5 Å². The van der Waals surface area contributed by atoms with E-state index in [2.05, 4.69) is 34.1 Å². The van der Waals surface area contributed by atoms with E-state index in [1.807, 2.05) is 36.4 Å². The summed E-state index contributed by atoms with van der Waals surface area (Å²) in [5.41, 5.74) is 2.60. The molecule has 3 aromatic rings. The predicted octanol–water partition coefficient (Wildman–Crippen LogP) is 3.08. The van der Waals surface area contributed by atoms with Gasteiger partial charge in [-0.2, -0.15) is 0 Å². The zero-order valence-electron chi connectivity index (χ0n) is 16.5. The van der Waals surface area contributed by atoms with Crippen molar-refractivity contribution in [1.29, 1.82) is 0 Å². The highest BCUT2D eigenvalue weighted by Crippen LogP contribution is 2.31. The van der Waals surface area contributed by atoms with Crippen molar-refractivity contribution in [1.82, 2.24) is 14.8 Å². The third kappa shape index (κ3) is 4.09. The van der Waals surface area contributed by atoms with Crippen LogP contribution in [0.5, 0.6) is 0 Å². The second-order valence-electron chi connectivity index (χ2n) is 7.31. The van der Waals surface area contributed by atoms with Crippen LogP contribution in [0.25, 0.3) is 0 Å². The first-order valence-electron chi connectivity index (χ1n) is 9.93. The molecule has 2 heterocycles. The number of carbonyl (C=O) groups is 2. The van der Waals surface area contributed by atoms with Crippen LogP contribution in [0.3, 0.4) is 0 Å². The smallest absolute Gasteiger partial charge is 0.327 e. The number of aliphatic carboxylic acids is 1. The number of benzene rings is 2. The zero-order chi connectivity index (χ0) is 20.9. The SMILES string of the molecule is O=C(O)C1CN(C(c2ccccc2)c2ccccc2)CCN1C(=O)c1cccnc1. The van der Waals surface area contributed by atoms with Gasteiger partial charge >= 0.3 is 5.97 Å². The van der Waals surface area contributed by atoms with Gasteiger partial charge in [0.2, 0.25) is 0 Å². The minimum atomic E-state index is -1.00. The minimum Gasteiger partial charge on any atom is -0.480 e. The lowest BCUT2D eigenvalue weighted by Crippen LogP contribution is -2.58. The van der Waals surface area contributed by atoms with E-state index in [0.717, 1.165) is 11.1 Å². The molecule has 1 aliphatic heterocycles. The number of rotatable bonds is 5. The van der Waals surface area contributed by atoms with Crippen molar-refractivity contribution in [3.8, 4) is 0 Å². The van der Waals surface area contributed by atoms with Gasteiger partial charge < -0.3 is 10.0 Å². The molecule has 0 radical (unpaired) electrons. The van der Waals surface area contributed by atoms with Crippen molar-refractivity contribution in [3.05, 3.63) is 102 Å². The molecule has 1 aromatic heterocycles. The van der Waals surface area contributed by atoms with Gasteiger partial charge in [0.05, 0.1) is 11.6 Å². The average molecular weight is 401 g/mol. The molecule has 1 aliphatic rings. The Morgan fingerprint density at radius 2 is 1.53 bits per heavy atom. The fraction of sp³-hybridized carbons (Fsp3) is 0.208. The lowest BCUT2D eigenvalue weighted by Gasteiger charge is -2.43. The van der Waals surface area contributed by atoms with Crippen molar-refractivity contribution in [2.75, 3.05) is 19.6 Å². The van der Waals surface area contributed by atoms with Gasteiger partial charge in [-0.05, 0) is 23.3 Å². The van der Waals surface area contributed by atoms with E-state index >= 15 is 0 Å². The molecule has 30 heavy (non-hydrogen) atoms. The fourth-order valence-electron chi connectivity index (χ4n) is 4.03. The highest BCUT2D eigenvalue weighted by Gasteiger charge is 2.38. The largest absolute Gasteiger partial charge is 0.480 e. The van der Waals surface area contributed by atoms with Crippen LogP contribution in [0.15, 0.2) is 85.2 Å². The summed E-state index contributed by atoms with van der Waals surface area (Å²) in [7, 11) is 0. The Morgan fingerprint density at radius 3 is 2.07 bits per heavy atom. The molecule has 152 valence electrons. The number of hydrogen-bond acceptors (Lipinski definition) is 4. The molecule has 0 aliphatic carbocycles. The maximum absolute atomic E-state index is 12.9. The highest BCUT2D eigenvalue weighted by molar-refractivity contribution is 5.96. The summed E-state index contributed by atoms with van der Waals surface area (Å²) < 4.78 is 0. The van der Waals surface area contributed by atoms with Crippen molar-refractivity contribution < 1.29 is 14.7 Å². The highest BCUT2D eigenvalue weighted by atomic mass is 16.4. The molecular formula is C24H23N3O3. The molecular weight excluding hydrogens is 378 g/mol. The average Bonchev–Trinajstić information content (AvgIpc) is 2.81. The summed E-state index contributed by atoms with van der Waals surface area (Å²) >= 11 is 0. The van der Waals surface area contributed by atoms with Gasteiger partial charge in [-0.25, -0.2) is 4.79 Å². The molecule has 4 rings (SSSR count). The molecule has 1 unspecified atom stereocenters. The molecule has 6 nitrogen and oxygen atoms in total. The molecule has 1 atom stereocenters. The Morgan fingerprint density at radius 1 is 0.900 bits per heavy atom. The van der Waals surface area contributed by atoms with E-state index in [-0.39, 0.29) is 18.5 Å². The van der Waals surface area contributed by atoms with Gasteiger partial charge in [0.15, 0.2) is 0 Å². The van der Waals surface area contributed by atoms with E-state index in [1.165, 1.54) is 11.1 Å². The van der Waals surface area contributed by atoms with Crippen molar-refractivity contribution >= 4 is 11.9 Å². The third-order valence-corrected chi connectivity index (χ3v) is 5.46. The third-order valence-electron chi connectivity index (χ3n) is 5.46. The maximum Gasteiger partial charge on any atom is 0.327 e. The molecule has 1 fully saturated rings. The van der Waals surface area contributed by atoms with Gasteiger partial charge in [0.1, 0.15) is 6.04 Å². The van der Waals surface area contributed by atoms with E-state index < -0.39 is 12.0 Å². The lowest BCUT2D eigenvalue weighted by molar-refractivity contribution is -0.144. The second-order valence-corrected chi connectivity index (χ2v) is 7.31. The first-order chi connectivity index (χ1) is 14.6. The lowest BCUT2D eigenvalue weighted by atomic mass is 9.95. The van der Waals surface area contributed by atoms with Crippen LogP contribution in [0.2, 0.25) is 0 Å². The van der Waals surface area contributed by atoms with Crippen LogP contribution < -0.4 is 0 Å². The second kappa shape index (κ2) is 8.88. The molecule has 1 N–H and O–H groups in total. The summed E-state index contributed by atoms with van der Waals surface area (Å²) in [6, 6.07) is 22.5. The van der Waals surface area contributed by atoms with Crippen molar-refractivity contribution in [2.24, 2.45) is 0 Å². The van der Waals surface area contributed by atoms with Crippen LogP contribution in [-0.4, -0.2) is 57.4 Å². The Bertz CT molecular complexity index is 956. The number of pyridine rings is 1. The molecule has 0 bridgehead atoms. The molecule has 0 saturated carbocycles. The predicted molar refractivity (Wildman–Crippen MR) is 113 cm³/mol. The summed E-state index contributed by atoms with van der Waals surface area (Å²) in [4.78, 5) is 32.6.